The summed E-state index contributed by atoms with van der Waals surface area (Å²) in [6, 6.07) is 18.1. The van der Waals surface area contributed by atoms with Crippen LogP contribution in [-0.2, 0) is 4.79 Å². The number of carboxylic acids is 1. The van der Waals surface area contributed by atoms with Gasteiger partial charge in [-0.05, 0) is 49.4 Å². The van der Waals surface area contributed by atoms with Crippen LogP contribution in [0.4, 0.5) is 0 Å². The van der Waals surface area contributed by atoms with Gasteiger partial charge in [0.15, 0.2) is 0 Å². The Hall–Kier alpha value is -4.91. The lowest BCUT2D eigenvalue weighted by Crippen LogP contribution is -2.30. The SMILES string of the molecule is CC(C)CN(C)CC(=O)O.NNC(=O)c1cc(-c2ccc(C#Cc3ccc(C=O)cc3)cc2)nc2ccncc12. The van der Waals surface area contributed by atoms with E-state index < -0.39 is 11.9 Å². The fourth-order valence-corrected chi connectivity index (χ4v) is 3.91. The number of pyridine rings is 2. The van der Waals surface area contributed by atoms with Crippen LogP contribution >= 0.6 is 0 Å². The van der Waals surface area contributed by atoms with Crippen LogP contribution in [0.5, 0.6) is 0 Å². The van der Waals surface area contributed by atoms with Gasteiger partial charge >= 0.3 is 5.97 Å². The molecule has 4 aromatic rings. The summed E-state index contributed by atoms with van der Waals surface area (Å²) in [6.07, 6.45) is 4.02. The van der Waals surface area contributed by atoms with Crippen LogP contribution in [-0.4, -0.2) is 58.3 Å². The number of hydrazine groups is 1. The van der Waals surface area contributed by atoms with Crippen molar-refractivity contribution in [2.75, 3.05) is 20.1 Å². The van der Waals surface area contributed by atoms with E-state index in [-0.39, 0.29) is 6.54 Å². The molecule has 0 saturated heterocycles. The number of hydrogen-bond acceptors (Lipinski definition) is 7. The molecule has 0 bridgehead atoms. The van der Waals surface area contributed by atoms with Gasteiger partial charge in [-0.1, -0.05) is 50.0 Å². The number of nitrogen functional groups attached to an aromatic ring is 1. The van der Waals surface area contributed by atoms with E-state index >= 15 is 0 Å². The van der Waals surface area contributed by atoms with Gasteiger partial charge in [-0.25, -0.2) is 10.8 Å². The number of nitrogens with two attached hydrogens (primary N) is 1. The monoisotopic (exact) mass is 537 g/mol. The summed E-state index contributed by atoms with van der Waals surface area (Å²) < 4.78 is 0. The average molecular weight is 538 g/mol. The fourth-order valence-electron chi connectivity index (χ4n) is 3.91. The van der Waals surface area contributed by atoms with Crippen LogP contribution in [0.1, 0.15) is 45.7 Å². The molecular weight excluding hydrogens is 506 g/mol. The molecule has 9 heteroatoms. The number of carbonyl (C=O) groups excluding carboxylic acids is 2. The van der Waals surface area contributed by atoms with Gasteiger partial charge in [0.1, 0.15) is 6.29 Å². The fraction of sp³-hybridized carbons (Fsp3) is 0.194. The van der Waals surface area contributed by atoms with E-state index in [2.05, 4.69) is 41.1 Å². The summed E-state index contributed by atoms with van der Waals surface area (Å²) in [7, 11) is 1.81. The van der Waals surface area contributed by atoms with Gasteiger partial charge in [0.2, 0.25) is 0 Å². The molecule has 4 rings (SSSR count). The normalized spacial score (nSPS) is 10.3. The first-order valence-corrected chi connectivity index (χ1v) is 12.5. The van der Waals surface area contributed by atoms with Crippen molar-refractivity contribution < 1.29 is 19.5 Å². The Balaban J connectivity index is 0.000000378. The number of likely N-dealkylation sites (N-methyl/N-ethyl adjacent to an activating group) is 1. The molecule has 204 valence electrons. The van der Waals surface area contributed by atoms with Crippen LogP contribution in [0.2, 0.25) is 0 Å². The van der Waals surface area contributed by atoms with Crippen LogP contribution in [0.3, 0.4) is 0 Å². The molecule has 0 atom stereocenters. The van der Waals surface area contributed by atoms with Crippen molar-refractivity contribution in [3.05, 3.63) is 95.3 Å². The molecule has 0 spiro atoms. The van der Waals surface area contributed by atoms with E-state index in [1.165, 1.54) is 0 Å². The third-order valence-electron chi connectivity index (χ3n) is 5.65. The Morgan fingerprint density at radius 2 is 1.68 bits per heavy atom. The molecule has 0 saturated carbocycles. The first-order valence-electron chi connectivity index (χ1n) is 12.5. The predicted molar refractivity (Wildman–Crippen MR) is 154 cm³/mol. The summed E-state index contributed by atoms with van der Waals surface area (Å²) in [5, 5.41) is 8.99. The number of nitrogens with zero attached hydrogens (tertiary/aromatic N) is 3. The van der Waals surface area contributed by atoms with E-state index in [0.29, 0.717) is 33.6 Å². The van der Waals surface area contributed by atoms with E-state index in [0.717, 1.165) is 29.5 Å². The minimum absolute atomic E-state index is 0.137. The van der Waals surface area contributed by atoms with Gasteiger partial charge in [0.05, 0.1) is 23.3 Å². The van der Waals surface area contributed by atoms with Crippen molar-refractivity contribution in [3.63, 3.8) is 0 Å². The highest BCUT2D eigenvalue weighted by atomic mass is 16.4. The highest BCUT2D eigenvalue weighted by Crippen LogP contribution is 2.24. The number of benzene rings is 2. The summed E-state index contributed by atoms with van der Waals surface area (Å²) in [6.45, 7) is 5.11. The van der Waals surface area contributed by atoms with E-state index in [1.54, 1.807) is 41.6 Å². The first-order chi connectivity index (χ1) is 19.2. The van der Waals surface area contributed by atoms with Crippen molar-refractivity contribution in [1.82, 2.24) is 20.3 Å². The lowest BCUT2D eigenvalue weighted by molar-refractivity contribution is -0.138. The number of aldehydes is 1. The van der Waals surface area contributed by atoms with Crippen molar-refractivity contribution in [2.45, 2.75) is 13.8 Å². The Morgan fingerprint density at radius 1 is 1.05 bits per heavy atom. The van der Waals surface area contributed by atoms with Gasteiger partial charge in [-0.2, -0.15) is 0 Å². The third-order valence-corrected chi connectivity index (χ3v) is 5.65. The van der Waals surface area contributed by atoms with Crippen LogP contribution < -0.4 is 11.3 Å². The first kappa shape index (κ1) is 29.6. The lowest BCUT2D eigenvalue weighted by Gasteiger charge is -2.15. The number of aliphatic carboxylic acids is 1. The standard InChI is InChI=1S/C24H16N4O2.C7H15NO2/c25-28-24(30)20-13-23(27-22-11-12-26-14-21(20)22)19-9-7-17(8-10-19)2-1-16-3-5-18(15-29)6-4-16;1-6(2)4-8(3)5-7(9)10/h3-15H,25H2,(H,28,30);6H,4-5H2,1-3H3,(H,9,10). The minimum Gasteiger partial charge on any atom is -0.480 e. The van der Waals surface area contributed by atoms with Gasteiger partial charge in [0, 0.05) is 46.6 Å². The molecule has 0 aliphatic carbocycles. The zero-order chi connectivity index (χ0) is 29.1. The van der Waals surface area contributed by atoms with E-state index in [4.69, 9.17) is 10.9 Å². The lowest BCUT2D eigenvalue weighted by atomic mass is 10.0. The van der Waals surface area contributed by atoms with Crippen molar-refractivity contribution in [1.29, 1.82) is 0 Å². The third kappa shape index (κ3) is 8.56. The Labute approximate surface area is 233 Å². The highest BCUT2D eigenvalue weighted by Gasteiger charge is 2.13. The number of aromatic nitrogens is 2. The quantitative estimate of drug-likeness (QED) is 0.106. The van der Waals surface area contributed by atoms with Crippen LogP contribution in [0.15, 0.2) is 73.1 Å². The molecule has 0 radical (unpaired) electrons. The number of carboxylic acid groups (broad SMARTS) is 1. The van der Waals surface area contributed by atoms with Gasteiger partial charge in [-0.15, -0.1) is 0 Å². The Morgan fingerprint density at radius 3 is 2.23 bits per heavy atom. The Bertz CT molecular complexity index is 1540. The number of hydrogen-bond donors (Lipinski definition) is 3. The number of amides is 1. The molecule has 0 fully saturated rings. The van der Waals surface area contributed by atoms with E-state index in [1.807, 2.05) is 43.4 Å². The smallest absolute Gasteiger partial charge is 0.317 e. The summed E-state index contributed by atoms with van der Waals surface area (Å²) in [5.74, 6) is 10.9. The van der Waals surface area contributed by atoms with Gasteiger partial charge in [-0.3, -0.25) is 29.7 Å². The summed E-state index contributed by atoms with van der Waals surface area (Å²) in [4.78, 5) is 43.6. The summed E-state index contributed by atoms with van der Waals surface area (Å²) >= 11 is 0. The van der Waals surface area contributed by atoms with Gasteiger partial charge in [0.25, 0.3) is 5.91 Å². The molecular formula is C31H31N5O4. The molecule has 9 nitrogen and oxygen atoms in total. The number of nitrogens with one attached hydrogen (secondary N) is 1. The maximum absolute atomic E-state index is 12.2. The predicted octanol–water partition coefficient (Wildman–Crippen LogP) is 3.77. The van der Waals surface area contributed by atoms with Crippen molar-refractivity contribution >= 4 is 29.1 Å². The molecule has 0 unspecified atom stereocenters. The van der Waals surface area contributed by atoms with Crippen LogP contribution in [0.25, 0.3) is 22.2 Å². The second-order valence-corrected chi connectivity index (χ2v) is 9.47. The maximum Gasteiger partial charge on any atom is 0.317 e. The topological polar surface area (TPSA) is 139 Å². The molecule has 4 N–H and O–H groups in total. The minimum atomic E-state index is -0.761. The van der Waals surface area contributed by atoms with Gasteiger partial charge < -0.3 is 5.11 Å². The van der Waals surface area contributed by atoms with Crippen molar-refractivity contribution in [3.8, 4) is 23.1 Å². The molecule has 1 amide bonds. The number of carbonyl (C=O) groups is 3. The zero-order valence-electron chi connectivity index (χ0n) is 22.6. The zero-order valence-corrected chi connectivity index (χ0v) is 22.6. The molecule has 0 aliphatic rings. The second-order valence-electron chi connectivity index (χ2n) is 9.47. The number of rotatable bonds is 7. The molecule has 2 aromatic heterocycles. The largest absolute Gasteiger partial charge is 0.480 e. The highest BCUT2D eigenvalue weighted by molar-refractivity contribution is 6.06. The molecule has 40 heavy (non-hydrogen) atoms. The second kappa shape index (κ2) is 14.3. The Kier molecular flexibility index (Phi) is 10.6. The molecule has 2 aromatic carbocycles. The number of fused-ring (bicyclic) bond motifs is 1. The molecule has 0 aliphatic heterocycles. The maximum atomic E-state index is 12.2. The van der Waals surface area contributed by atoms with Crippen LogP contribution in [0, 0.1) is 17.8 Å². The molecule has 2 heterocycles. The van der Waals surface area contributed by atoms with Crippen molar-refractivity contribution in [2.24, 2.45) is 11.8 Å². The summed E-state index contributed by atoms with van der Waals surface area (Å²) in [5.41, 5.74) is 7.01. The van der Waals surface area contributed by atoms with E-state index in [9.17, 15) is 14.4 Å². The average Bonchev–Trinajstić information content (AvgIpc) is 2.95.